The van der Waals surface area contributed by atoms with Gasteiger partial charge in [0.15, 0.2) is 5.13 Å². The second kappa shape index (κ2) is 12.4. The number of hydrogen-bond acceptors (Lipinski definition) is 6. The molecule has 9 nitrogen and oxygen atoms in total. The van der Waals surface area contributed by atoms with Crippen LogP contribution in [0.25, 0.3) is 11.3 Å². The van der Waals surface area contributed by atoms with E-state index in [0.717, 1.165) is 40.9 Å². The van der Waals surface area contributed by atoms with Crippen LogP contribution in [0, 0.1) is 6.92 Å². The van der Waals surface area contributed by atoms with Gasteiger partial charge in [0.25, 0.3) is 11.8 Å². The molecule has 1 aromatic heterocycles. The van der Waals surface area contributed by atoms with E-state index < -0.39 is 6.03 Å². The van der Waals surface area contributed by atoms with Crippen LogP contribution in [0.4, 0.5) is 15.6 Å². The number of aryl methyl sites for hydroxylation is 1. The summed E-state index contributed by atoms with van der Waals surface area (Å²) in [5, 5.41) is 3.29. The van der Waals surface area contributed by atoms with Gasteiger partial charge in [-0.1, -0.05) is 65.9 Å². The van der Waals surface area contributed by atoms with E-state index in [1.807, 2.05) is 49.4 Å². The summed E-state index contributed by atoms with van der Waals surface area (Å²) in [5.41, 5.74) is 11.2. The number of aromatic nitrogens is 1. The monoisotopic (exact) mass is 595 g/mol. The summed E-state index contributed by atoms with van der Waals surface area (Å²) < 4.78 is 5.37. The third kappa shape index (κ3) is 6.30. The highest BCUT2D eigenvalue weighted by Crippen LogP contribution is 2.43. The molecule has 220 valence electrons. The van der Waals surface area contributed by atoms with Crippen LogP contribution in [0.3, 0.4) is 0 Å². The number of primary amides is 1. The molecular weight excluding hydrogens is 562 g/mol. The maximum Gasteiger partial charge on any atom is 0.325 e. The summed E-state index contributed by atoms with van der Waals surface area (Å²) >= 11 is 1.11. The quantitative estimate of drug-likeness (QED) is 0.274. The Morgan fingerprint density at radius 2 is 1.74 bits per heavy atom. The largest absolute Gasteiger partial charge is 0.378 e. The van der Waals surface area contributed by atoms with Gasteiger partial charge in [-0.05, 0) is 60.6 Å². The molecule has 1 saturated heterocycles. The molecule has 0 radical (unpaired) electrons. The van der Waals surface area contributed by atoms with Crippen molar-refractivity contribution in [3.05, 3.63) is 99.9 Å². The fourth-order valence-electron chi connectivity index (χ4n) is 5.19. The summed E-state index contributed by atoms with van der Waals surface area (Å²) in [7, 11) is 0. The van der Waals surface area contributed by atoms with Gasteiger partial charge in [0.1, 0.15) is 4.88 Å². The van der Waals surface area contributed by atoms with Crippen molar-refractivity contribution in [2.45, 2.75) is 32.2 Å². The van der Waals surface area contributed by atoms with E-state index >= 15 is 0 Å². The minimum absolute atomic E-state index is 0.0689. The zero-order valence-electron chi connectivity index (χ0n) is 23.9. The third-order valence-corrected chi connectivity index (χ3v) is 8.80. The van der Waals surface area contributed by atoms with Crippen LogP contribution in [0.5, 0.6) is 0 Å². The number of carbonyl (C=O) groups is 3. The average Bonchev–Trinajstić information content (AvgIpc) is 3.80. The van der Waals surface area contributed by atoms with Gasteiger partial charge in [0.05, 0.1) is 24.6 Å². The van der Waals surface area contributed by atoms with Crippen molar-refractivity contribution in [2.24, 2.45) is 5.73 Å². The maximum absolute atomic E-state index is 13.6. The first kappa shape index (κ1) is 28.6. The van der Waals surface area contributed by atoms with Gasteiger partial charge in [-0.2, -0.15) is 0 Å². The lowest BCUT2D eigenvalue weighted by Crippen LogP contribution is -2.40. The smallest absolute Gasteiger partial charge is 0.325 e. The van der Waals surface area contributed by atoms with Crippen molar-refractivity contribution in [1.29, 1.82) is 0 Å². The third-order valence-electron chi connectivity index (χ3n) is 7.76. The van der Waals surface area contributed by atoms with Gasteiger partial charge >= 0.3 is 6.03 Å². The molecular formula is C33H33N5O4S. The standard InChI is InChI=1S/C33H33N5O4S/c1-21-7-8-26(23-9-10-23)19-27(21)38(32(34)41)33-36-28(29(43-33)30(39)35-20-22-5-3-2-4-6-22)24-11-13-25(14-12-24)31(40)37-15-17-42-18-16-37/h2-8,11-14,19,23H,9-10,15-18,20H2,1H3,(H2,34,41)(H,35,39). The number of urea groups is 1. The molecule has 2 fully saturated rings. The number of carbonyl (C=O) groups excluding carboxylic acids is 3. The number of amides is 4. The second-order valence-electron chi connectivity index (χ2n) is 10.8. The molecule has 6 rings (SSSR count). The lowest BCUT2D eigenvalue weighted by Gasteiger charge is -2.26. The number of anilines is 2. The van der Waals surface area contributed by atoms with Gasteiger partial charge in [-0.25, -0.2) is 14.7 Å². The van der Waals surface area contributed by atoms with Crippen molar-refractivity contribution >= 4 is 40.0 Å². The number of morpholine rings is 1. The van der Waals surface area contributed by atoms with Crippen molar-refractivity contribution < 1.29 is 19.1 Å². The molecule has 10 heteroatoms. The topological polar surface area (TPSA) is 118 Å². The molecule has 43 heavy (non-hydrogen) atoms. The first-order valence-electron chi connectivity index (χ1n) is 14.4. The van der Waals surface area contributed by atoms with E-state index in [0.29, 0.717) is 71.3 Å². The summed E-state index contributed by atoms with van der Waals surface area (Å²) in [4.78, 5) is 47.9. The highest BCUT2D eigenvalue weighted by atomic mass is 32.1. The zero-order chi connectivity index (χ0) is 29.9. The molecule has 4 amide bonds. The average molecular weight is 596 g/mol. The van der Waals surface area contributed by atoms with E-state index in [1.165, 1.54) is 4.90 Å². The lowest BCUT2D eigenvalue weighted by molar-refractivity contribution is 0.0303. The van der Waals surface area contributed by atoms with E-state index in [9.17, 15) is 14.4 Å². The predicted octanol–water partition coefficient (Wildman–Crippen LogP) is 5.62. The molecule has 2 aliphatic rings. The van der Waals surface area contributed by atoms with E-state index in [4.69, 9.17) is 15.5 Å². The summed E-state index contributed by atoms with van der Waals surface area (Å²) in [6, 6.07) is 22.1. The summed E-state index contributed by atoms with van der Waals surface area (Å²) in [6.45, 7) is 4.40. The summed E-state index contributed by atoms with van der Waals surface area (Å²) in [5.74, 6) is 0.100. The molecule has 4 aromatic rings. The van der Waals surface area contributed by atoms with Crippen molar-refractivity contribution in [2.75, 3.05) is 31.2 Å². The minimum atomic E-state index is -0.681. The normalized spacial score (nSPS) is 14.8. The predicted molar refractivity (Wildman–Crippen MR) is 167 cm³/mol. The Kier molecular flexibility index (Phi) is 8.22. The SMILES string of the molecule is Cc1ccc(C2CC2)cc1N(C(N)=O)c1nc(-c2ccc(C(=O)N3CCOCC3)cc2)c(C(=O)NCc2ccccc2)s1. The number of nitrogens with one attached hydrogen (secondary N) is 1. The van der Waals surface area contributed by atoms with Crippen LogP contribution in [0.15, 0.2) is 72.8 Å². The molecule has 1 aliphatic heterocycles. The molecule has 0 spiro atoms. The minimum Gasteiger partial charge on any atom is -0.378 e. The van der Waals surface area contributed by atoms with Crippen LogP contribution in [-0.4, -0.2) is 54.0 Å². The first-order valence-corrected chi connectivity index (χ1v) is 15.2. The van der Waals surface area contributed by atoms with Crippen LogP contribution in [0.1, 0.15) is 55.5 Å². The zero-order valence-corrected chi connectivity index (χ0v) is 24.7. The van der Waals surface area contributed by atoms with E-state index in [-0.39, 0.29) is 11.8 Å². The first-order chi connectivity index (χ1) is 20.9. The van der Waals surface area contributed by atoms with Crippen LogP contribution in [-0.2, 0) is 11.3 Å². The van der Waals surface area contributed by atoms with Gasteiger partial charge in [0, 0.05) is 30.8 Å². The molecule has 1 saturated carbocycles. The Morgan fingerprint density at radius 1 is 1.02 bits per heavy atom. The number of nitrogens with zero attached hydrogens (tertiary/aromatic N) is 3. The van der Waals surface area contributed by atoms with Crippen molar-refractivity contribution in [3.8, 4) is 11.3 Å². The Morgan fingerprint density at radius 3 is 2.42 bits per heavy atom. The van der Waals surface area contributed by atoms with Gasteiger partial charge in [0.2, 0.25) is 0 Å². The maximum atomic E-state index is 13.6. The van der Waals surface area contributed by atoms with Crippen LogP contribution < -0.4 is 16.0 Å². The van der Waals surface area contributed by atoms with Gasteiger partial charge < -0.3 is 20.7 Å². The number of benzene rings is 3. The highest BCUT2D eigenvalue weighted by Gasteiger charge is 2.29. The second-order valence-corrected chi connectivity index (χ2v) is 11.8. The molecule has 3 aromatic carbocycles. The fraction of sp³-hybridized carbons (Fsp3) is 0.273. The number of thiazole rings is 1. The van der Waals surface area contributed by atoms with Crippen LogP contribution in [0.2, 0.25) is 0 Å². The van der Waals surface area contributed by atoms with Gasteiger partial charge in [-0.3, -0.25) is 9.59 Å². The number of ether oxygens (including phenoxy) is 1. The highest BCUT2D eigenvalue weighted by molar-refractivity contribution is 7.18. The van der Waals surface area contributed by atoms with E-state index in [2.05, 4.69) is 11.4 Å². The van der Waals surface area contributed by atoms with Gasteiger partial charge in [-0.15, -0.1) is 0 Å². The molecule has 0 bridgehead atoms. The Balaban J connectivity index is 1.36. The number of rotatable bonds is 8. The Labute approximate surface area is 254 Å². The lowest BCUT2D eigenvalue weighted by atomic mass is 10.1. The fourth-order valence-corrected chi connectivity index (χ4v) is 6.21. The Hall–Kier alpha value is -4.54. The van der Waals surface area contributed by atoms with E-state index in [1.54, 1.807) is 29.2 Å². The van der Waals surface area contributed by atoms with Crippen molar-refractivity contribution in [3.63, 3.8) is 0 Å². The molecule has 2 heterocycles. The number of nitrogens with two attached hydrogens (primary N) is 1. The summed E-state index contributed by atoms with van der Waals surface area (Å²) in [6.07, 6.45) is 2.24. The molecule has 1 aliphatic carbocycles. The van der Waals surface area contributed by atoms with Crippen molar-refractivity contribution in [1.82, 2.24) is 15.2 Å². The molecule has 0 atom stereocenters. The van der Waals surface area contributed by atoms with Crippen LogP contribution >= 0.6 is 11.3 Å². The number of hydrogen-bond donors (Lipinski definition) is 2. The Bertz CT molecular complexity index is 1640. The molecule has 3 N–H and O–H groups in total. The molecule has 0 unspecified atom stereocenters.